The molecule has 30 heavy (non-hydrogen) atoms. The predicted octanol–water partition coefficient (Wildman–Crippen LogP) is 3.07. The van der Waals surface area contributed by atoms with E-state index in [2.05, 4.69) is 0 Å². The number of hydrogen-bond donors (Lipinski definition) is 0. The summed E-state index contributed by atoms with van der Waals surface area (Å²) in [6.45, 7) is 3.38. The molecule has 0 radical (unpaired) electrons. The minimum Gasteiger partial charge on any atom is -0.482 e. The number of likely N-dealkylation sites (N-methyl/N-ethyl adjacent to an activating group) is 1. The van der Waals surface area contributed by atoms with Gasteiger partial charge in [-0.3, -0.25) is 4.79 Å². The van der Waals surface area contributed by atoms with Crippen LogP contribution >= 0.6 is 0 Å². The molecule has 156 valence electrons. The Morgan fingerprint density at radius 2 is 1.83 bits per heavy atom. The van der Waals surface area contributed by atoms with E-state index < -0.39 is 17.7 Å². The lowest BCUT2D eigenvalue weighted by Gasteiger charge is -2.21. The van der Waals surface area contributed by atoms with Crippen molar-refractivity contribution in [1.29, 1.82) is 0 Å². The monoisotopic (exact) mass is 409 g/mol. The van der Waals surface area contributed by atoms with Crippen LogP contribution in [-0.2, 0) is 20.9 Å². The van der Waals surface area contributed by atoms with Gasteiger partial charge in [0.2, 0.25) is 0 Å². The lowest BCUT2D eigenvalue weighted by molar-refractivity contribution is -0.160. The number of fused-ring (bicyclic) bond motifs is 1. The minimum absolute atomic E-state index is 0.310. The summed E-state index contributed by atoms with van der Waals surface area (Å²) in [6.07, 6.45) is -0.938. The standard InChI is InChI=1S/C23H23NO6/c1-15-11-21(25)30-20-12-18(9-10-19(15)20)28-14-22(26)29-16(2)23(27)24(3)13-17-7-5-4-6-8-17/h4-12,16H,13-14H2,1-3H3/t16-/m1/s1. The van der Waals surface area contributed by atoms with E-state index in [4.69, 9.17) is 13.9 Å². The van der Waals surface area contributed by atoms with Gasteiger partial charge in [0, 0.05) is 31.1 Å². The molecule has 1 aromatic heterocycles. The molecule has 0 bridgehead atoms. The lowest BCUT2D eigenvalue weighted by Crippen LogP contribution is -2.37. The molecular weight excluding hydrogens is 386 g/mol. The van der Waals surface area contributed by atoms with Gasteiger partial charge in [-0.05, 0) is 37.1 Å². The summed E-state index contributed by atoms with van der Waals surface area (Å²) in [5.41, 5.74) is 1.69. The highest BCUT2D eigenvalue weighted by Crippen LogP contribution is 2.22. The van der Waals surface area contributed by atoms with Crippen LogP contribution in [0.5, 0.6) is 5.75 Å². The molecule has 2 aromatic carbocycles. The maximum atomic E-state index is 12.4. The van der Waals surface area contributed by atoms with Gasteiger partial charge in [0.25, 0.3) is 5.91 Å². The quantitative estimate of drug-likeness (QED) is 0.440. The Labute approximate surface area is 173 Å². The average molecular weight is 409 g/mol. The Bertz CT molecular complexity index is 1110. The van der Waals surface area contributed by atoms with Gasteiger partial charge in [0.05, 0.1) is 0 Å². The second-order valence-electron chi connectivity index (χ2n) is 7.01. The van der Waals surface area contributed by atoms with Crippen molar-refractivity contribution in [3.8, 4) is 5.75 Å². The molecule has 1 heterocycles. The van der Waals surface area contributed by atoms with Crippen LogP contribution in [0.2, 0.25) is 0 Å². The van der Waals surface area contributed by atoms with Gasteiger partial charge in [0.15, 0.2) is 12.7 Å². The molecular formula is C23H23NO6. The highest BCUT2D eigenvalue weighted by atomic mass is 16.6. The van der Waals surface area contributed by atoms with Crippen LogP contribution < -0.4 is 10.4 Å². The van der Waals surface area contributed by atoms with Crippen LogP contribution in [0.15, 0.2) is 63.8 Å². The van der Waals surface area contributed by atoms with E-state index >= 15 is 0 Å². The number of rotatable bonds is 7. The Balaban J connectivity index is 1.54. The Morgan fingerprint density at radius 3 is 2.57 bits per heavy atom. The summed E-state index contributed by atoms with van der Waals surface area (Å²) in [4.78, 5) is 37.5. The van der Waals surface area contributed by atoms with Crippen molar-refractivity contribution in [3.63, 3.8) is 0 Å². The smallest absolute Gasteiger partial charge is 0.344 e. The molecule has 0 aliphatic heterocycles. The topological polar surface area (TPSA) is 86.0 Å². The maximum Gasteiger partial charge on any atom is 0.344 e. The molecule has 0 fully saturated rings. The molecule has 7 heteroatoms. The van der Waals surface area contributed by atoms with Gasteiger partial charge in [-0.15, -0.1) is 0 Å². The first kappa shape index (κ1) is 21.1. The van der Waals surface area contributed by atoms with Crippen LogP contribution in [-0.4, -0.2) is 36.5 Å². The number of carbonyl (C=O) groups is 2. The number of ether oxygens (including phenoxy) is 2. The molecule has 0 saturated heterocycles. The summed E-state index contributed by atoms with van der Waals surface area (Å²) in [7, 11) is 1.65. The molecule has 1 amide bonds. The molecule has 0 saturated carbocycles. The van der Waals surface area contributed by atoms with E-state index in [1.54, 1.807) is 25.2 Å². The SMILES string of the molecule is Cc1cc(=O)oc2cc(OCC(=O)O[C@H](C)C(=O)N(C)Cc3ccccc3)ccc12. The number of aryl methyl sites for hydroxylation is 1. The van der Waals surface area contributed by atoms with Crippen molar-refractivity contribution < 1.29 is 23.5 Å². The van der Waals surface area contributed by atoms with Crippen LogP contribution in [0.25, 0.3) is 11.0 Å². The molecule has 0 aliphatic carbocycles. The van der Waals surface area contributed by atoms with Crippen LogP contribution in [0.4, 0.5) is 0 Å². The fourth-order valence-corrected chi connectivity index (χ4v) is 3.06. The molecule has 0 unspecified atom stereocenters. The number of esters is 1. The number of nitrogens with zero attached hydrogens (tertiary/aromatic N) is 1. The van der Waals surface area contributed by atoms with E-state index in [1.165, 1.54) is 17.9 Å². The zero-order valence-electron chi connectivity index (χ0n) is 17.1. The fraction of sp³-hybridized carbons (Fsp3) is 0.261. The molecule has 3 aromatic rings. The van der Waals surface area contributed by atoms with Gasteiger partial charge in [0.1, 0.15) is 11.3 Å². The molecule has 7 nitrogen and oxygen atoms in total. The Kier molecular flexibility index (Phi) is 6.51. The van der Waals surface area contributed by atoms with E-state index in [-0.39, 0.29) is 12.5 Å². The second kappa shape index (κ2) is 9.26. The zero-order valence-corrected chi connectivity index (χ0v) is 17.1. The Hall–Kier alpha value is -3.61. The van der Waals surface area contributed by atoms with Crippen molar-refractivity contribution >= 4 is 22.8 Å². The van der Waals surface area contributed by atoms with Crippen LogP contribution in [0, 0.1) is 6.92 Å². The minimum atomic E-state index is -0.938. The highest BCUT2D eigenvalue weighted by molar-refractivity contribution is 5.84. The van der Waals surface area contributed by atoms with Crippen molar-refractivity contribution in [2.45, 2.75) is 26.5 Å². The van der Waals surface area contributed by atoms with E-state index in [0.717, 1.165) is 16.5 Å². The number of amides is 1. The van der Waals surface area contributed by atoms with Crippen LogP contribution in [0.3, 0.4) is 0 Å². The van der Waals surface area contributed by atoms with Gasteiger partial charge < -0.3 is 18.8 Å². The summed E-state index contributed by atoms with van der Waals surface area (Å²) in [5.74, 6) is -0.627. The molecule has 0 spiro atoms. The van der Waals surface area contributed by atoms with Gasteiger partial charge >= 0.3 is 11.6 Å². The summed E-state index contributed by atoms with van der Waals surface area (Å²) < 4.78 is 15.8. The van der Waals surface area contributed by atoms with Gasteiger partial charge in [-0.25, -0.2) is 9.59 Å². The number of carbonyl (C=O) groups excluding carboxylic acids is 2. The predicted molar refractivity (Wildman–Crippen MR) is 111 cm³/mol. The molecule has 0 aliphatic rings. The van der Waals surface area contributed by atoms with Crippen molar-refractivity contribution in [3.05, 3.63) is 76.1 Å². The summed E-state index contributed by atoms with van der Waals surface area (Å²) >= 11 is 0. The number of benzene rings is 2. The van der Waals surface area contributed by atoms with E-state index in [0.29, 0.717) is 17.9 Å². The first-order valence-corrected chi connectivity index (χ1v) is 9.49. The normalized spacial score (nSPS) is 11.7. The average Bonchev–Trinajstić information content (AvgIpc) is 2.72. The highest BCUT2D eigenvalue weighted by Gasteiger charge is 2.22. The van der Waals surface area contributed by atoms with Gasteiger partial charge in [-0.2, -0.15) is 0 Å². The van der Waals surface area contributed by atoms with Gasteiger partial charge in [-0.1, -0.05) is 30.3 Å². The molecule has 1 atom stereocenters. The van der Waals surface area contributed by atoms with Crippen molar-refractivity contribution in [2.75, 3.05) is 13.7 Å². The summed E-state index contributed by atoms with van der Waals surface area (Å²) in [5, 5.41) is 0.783. The zero-order chi connectivity index (χ0) is 21.7. The summed E-state index contributed by atoms with van der Waals surface area (Å²) in [6, 6.07) is 15.9. The van der Waals surface area contributed by atoms with Crippen LogP contribution in [0.1, 0.15) is 18.1 Å². The lowest BCUT2D eigenvalue weighted by atomic mass is 10.1. The van der Waals surface area contributed by atoms with E-state index in [9.17, 15) is 14.4 Å². The molecule has 3 rings (SSSR count). The van der Waals surface area contributed by atoms with Crippen molar-refractivity contribution in [2.24, 2.45) is 0 Å². The first-order valence-electron chi connectivity index (χ1n) is 9.49. The fourth-order valence-electron chi connectivity index (χ4n) is 3.06. The third kappa shape index (κ3) is 5.26. The number of hydrogen-bond acceptors (Lipinski definition) is 6. The first-order chi connectivity index (χ1) is 14.3. The second-order valence-corrected chi connectivity index (χ2v) is 7.01. The maximum absolute atomic E-state index is 12.4. The molecule has 0 N–H and O–H groups in total. The largest absolute Gasteiger partial charge is 0.482 e. The third-order valence-electron chi connectivity index (χ3n) is 4.57. The Morgan fingerprint density at radius 1 is 1.10 bits per heavy atom. The van der Waals surface area contributed by atoms with Crippen molar-refractivity contribution in [1.82, 2.24) is 4.90 Å². The third-order valence-corrected chi connectivity index (χ3v) is 4.57. The van der Waals surface area contributed by atoms with E-state index in [1.807, 2.05) is 37.3 Å².